The monoisotopic (exact) mass is 448 g/mol. The third kappa shape index (κ3) is 10.6. The quantitative estimate of drug-likeness (QED) is 0.199. The van der Waals surface area contributed by atoms with Crippen LogP contribution in [0.2, 0.25) is 18.1 Å². The van der Waals surface area contributed by atoms with E-state index in [2.05, 4.69) is 96.0 Å². The van der Waals surface area contributed by atoms with Crippen molar-refractivity contribution in [1.29, 1.82) is 0 Å². The highest BCUT2D eigenvalue weighted by molar-refractivity contribution is 14.1. The Balaban J connectivity index is 4.99. The van der Waals surface area contributed by atoms with Crippen molar-refractivity contribution in [2.75, 3.05) is 0 Å². The lowest BCUT2D eigenvalue weighted by Gasteiger charge is -2.38. The fourth-order valence-electron chi connectivity index (χ4n) is 1.90. The molecule has 0 N–H and O–H groups in total. The Kier molecular flexibility index (Phi) is 10.2. The van der Waals surface area contributed by atoms with Crippen LogP contribution in [-0.4, -0.2) is 14.4 Å². The maximum Gasteiger partial charge on any atom is 0.192 e. The standard InChI is InChI=1S/C20H37IOSi/c1-16(2)11-10-12-18(21)15-19(14-13-17(3)4)22-23(8,9)20(5,6)7/h11,15,19H,3,10,12-14H2,1-2,4-9H3/b18-15-/t19-/m0/s1. The van der Waals surface area contributed by atoms with Crippen molar-refractivity contribution in [1.82, 2.24) is 0 Å². The van der Waals surface area contributed by atoms with Gasteiger partial charge in [-0.2, -0.15) is 0 Å². The van der Waals surface area contributed by atoms with Gasteiger partial charge < -0.3 is 4.43 Å². The van der Waals surface area contributed by atoms with E-state index in [4.69, 9.17) is 4.43 Å². The van der Waals surface area contributed by atoms with Crippen molar-refractivity contribution < 1.29 is 4.43 Å². The zero-order chi connectivity index (χ0) is 18.3. The molecule has 0 unspecified atom stereocenters. The fraction of sp³-hybridized carbons (Fsp3) is 0.700. The van der Waals surface area contributed by atoms with Gasteiger partial charge in [0, 0.05) is 0 Å². The van der Waals surface area contributed by atoms with Crippen LogP contribution in [0.5, 0.6) is 0 Å². The molecule has 0 rings (SSSR count). The minimum Gasteiger partial charge on any atom is -0.411 e. The van der Waals surface area contributed by atoms with Gasteiger partial charge in [-0.05, 0) is 96.8 Å². The van der Waals surface area contributed by atoms with E-state index in [0.29, 0.717) is 0 Å². The summed E-state index contributed by atoms with van der Waals surface area (Å²) in [6.07, 6.45) is 9.17. The summed E-state index contributed by atoms with van der Waals surface area (Å²) in [5.41, 5.74) is 2.63. The van der Waals surface area contributed by atoms with E-state index in [9.17, 15) is 0 Å². The fourth-order valence-corrected chi connectivity index (χ4v) is 3.91. The van der Waals surface area contributed by atoms with Crippen molar-refractivity contribution in [2.24, 2.45) is 0 Å². The molecule has 0 radical (unpaired) electrons. The number of hydrogen-bond donors (Lipinski definition) is 0. The van der Waals surface area contributed by atoms with Gasteiger partial charge in [0.1, 0.15) is 0 Å². The topological polar surface area (TPSA) is 9.23 Å². The first kappa shape index (κ1) is 23.1. The van der Waals surface area contributed by atoms with Gasteiger partial charge in [-0.25, -0.2) is 0 Å². The van der Waals surface area contributed by atoms with Crippen LogP contribution in [0, 0.1) is 0 Å². The van der Waals surface area contributed by atoms with Crippen LogP contribution in [0.25, 0.3) is 0 Å². The molecule has 0 bridgehead atoms. The van der Waals surface area contributed by atoms with E-state index in [1.165, 1.54) is 14.7 Å². The van der Waals surface area contributed by atoms with Gasteiger partial charge >= 0.3 is 0 Å². The molecule has 3 heteroatoms. The first-order valence-electron chi connectivity index (χ1n) is 8.67. The van der Waals surface area contributed by atoms with Gasteiger partial charge in [-0.1, -0.05) is 38.0 Å². The molecule has 0 saturated heterocycles. The van der Waals surface area contributed by atoms with Crippen molar-refractivity contribution in [3.05, 3.63) is 33.5 Å². The van der Waals surface area contributed by atoms with E-state index in [0.717, 1.165) is 25.7 Å². The van der Waals surface area contributed by atoms with Gasteiger partial charge in [-0.15, -0.1) is 6.58 Å². The summed E-state index contributed by atoms with van der Waals surface area (Å²) in [6, 6.07) is 0. The number of allylic oxidation sites excluding steroid dienone is 4. The van der Waals surface area contributed by atoms with Crippen LogP contribution in [-0.2, 0) is 4.43 Å². The van der Waals surface area contributed by atoms with Crippen molar-refractivity contribution in [2.45, 2.75) is 91.5 Å². The largest absolute Gasteiger partial charge is 0.411 e. The number of rotatable bonds is 9. The Hall–Kier alpha value is 0.127. The number of hydrogen-bond acceptors (Lipinski definition) is 1. The molecule has 0 fully saturated rings. The molecular weight excluding hydrogens is 411 g/mol. The van der Waals surface area contributed by atoms with Gasteiger partial charge in [-0.3, -0.25) is 0 Å². The van der Waals surface area contributed by atoms with Crippen molar-refractivity contribution in [3.63, 3.8) is 0 Å². The summed E-state index contributed by atoms with van der Waals surface area (Å²) in [6.45, 7) is 22.1. The highest BCUT2D eigenvalue weighted by Crippen LogP contribution is 2.38. The second kappa shape index (κ2) is 10.2. The molecule has 1 atom stereocenters. The van der Waals surface area contributed by atoms with E-state index >= 15 is 0 Å². The molecule has 1 nitrogen and oxygen atoms in total. The highest BCUT2D eigenvalue weighted by atomic mass is 127. The predicted molar refractivity (Wildman–Crippen MR) is 117 cm³/mol. The molecule has 134 valence electrons. The molecule has 0 aromatic rings. The van der Waals surface area contributed by atoms with Crippen LogP contribution in [0.3, 0.4) is 0 Å². The average molecular weight is 449 g/mol. The zero-order valence-electron chi connectivity index (χ0n) is 16.6. The summed E-state index contributed by atoms with van der Waals surface area (Å²) in [5, 5.41) is 0.246. The maximum absolute atomic E-state index is 6.65. The minimum absolute atomic E-state index is 0.214. The second-order valence-corrected chi connectivity index (χ2v) is 14.5. The smallest absolute Gasteiger partial charge is 0.192 e. The third-order valence-corrected chi connectivity index (χ3v) is 9.81. The lowest BCUT2D eigenvalue weighted by Crippen LogP contribution is -2.43. The average Bonchev–Trinajstić information content (AvgIpc) is 2.33. The molecule has 0 aromatic heterocycles. The first-order chi connectivity index (χ1) is 10.3. The molecule has 0 saturated carbocycles. The summed E-state index contributed by atoms with van der Waals surface area (Å²) in [7, 11) is -1.75. The van der Waals surface area contributed by atoms with Crippen LogP contribution < -0.4 is 0 Å². The van der Waals surface area contributed by atoms with Gasteiger partial charge in [0.05, 0.1) is 6.10 Å². The molecule has 23 heavy (non-hydrogen) atoms. The van der Waals surface area contributed by atoms with Crippen LogP contribution in [0.15, 0.2) is 33.5 Å². The Bertz CT molecular complexity index is 437. The molecule has 0 aromatic carbocycles. The first-order valence-corrected chi connectivity index (χ1v) is 12.7. The van der Waals surface area contributed by atoms with Crippen molar-refractivity contribution in [3.8, 4) is 0 Å². The molecule has 0 aliphatic rings. The van der Waals surface area contributed by atoms with Gasteiger partial charge in [0.25, 0.3) is 0 Å². The highest BCUT2D eigenvalue weighted by Gasteiger charge is 2.38. The van der Waals surface area contributed by atoms with E-state index in [1.54, 1.807) is 0 Å². The predicted octanol–water partition coefficient (Wildman–Crippen LogP) is 7.80. The van der Waals surface area contributed by atoms with E-state index in [1.807, 2.05) is 0 Å². The summed E-state index contributed by atoms with van der Waals surface area (Å²) < 4.78 is 8.06. The minimum atomic E-state index is -1.75. The van der Waals surface area contributed by atoms with E-state index < -0.39 is 8.32 Å². The number of halogens is 1. The molecule has 0 aliphatic carbocycles. The summed E-state index contributed by atoms with van der Waals surface area (Å²) in [5.74, 6) is 0. The van der Waals surface area contributed by atoms with Gasteiger partial charge in [0.15, 0.2) is 8.32 Å². The molecule has 0 amide bonds. The van der Waals surface area contributed by atoms with Crippen LogP contribution in [0.1, 0.15) is 67.2 Å². The molecular formula is C20H37IOSi. The third-order valence-electron chi connectivity index (χ3n) is 4.41. The summed E-state index contributed by atoms with van der Waals surface area (Å²) >= 11 is 2.48. The normalized spacial score (nSPS) is 14.6. The second-order valence-electron chi connectivity index (χ2n) is 8.35. The molecule has 0 spiro atoms. The van der Waals surface area contributed by atoms with Gasteiger partial charge in [0.2, 0.25) is 0 Å². The summed E-state index contributed by atoms with van der Waals surface area (Å²) in [4.78, 5) is 0. The van der Waals surface area contributed by atoms with E-state index in [-0.39, 0.29) is 11.1 Å². The van der Waals surface area contributed by atoms with Crippen molar-refractivity contribution >= 4 is 30.9 Å². The Labute approximate surface area is 159 Å². The Morgan fingerprint density at radius 1 is 1.17 bits per heavy atom. The Morgan fingerprint density at radius 2 is 1.74 bits per heavy atom. The lowest BCUT2D eigenvalue weighted by molar-refractivity contribution is 0.215. The lowest BCUT2D eigenvalue weighted by atomic mass is 10.1. The SMILES string of the molecule is C=C(C)CC[C@@H](/C=C(\I)CCC=C(C)C)O[Si](C)(C)C(C)(C)C. The Morgan fingerprint density at radius 3 is 2.17 bits per heavy atom. The molecule has 0 aliphatic heterocycles. The van der Waals surface area contributed by atoms with Crippen LogP contribution >= 0.6 is 22.6 Å². The maximum atomic E-state index is 6.65. The molecule has 0 heterocycles. The zero-order valence-corrected chi connectivity index (χ0v) is 19.7. The van der Waals surface area contributed by atoms with Crippen LogP contribution in [0.4, 0.5) is 0 Å².